The Balaban J connectivity index is 1.68. The predicted octanol–water partition coefficient (Wildman–Crippen LogP) is 3.25. The van der Waals surface area contributed by atoms with E-state index in [-0.39, 0.29) is 18.1 Å². The van der Waals surface area contributed by atoms with E-state index in [0.29, 0.717) is 0 Å². The van der Waals surface area contributed by atoms with Gasteiger partial charge < -0.3 is 14.8 Å². The summed E-state index contributed by atoms with van der Waals surface area (Å²) in [5, 5.41) is 3.07. The second-order valence-corrected chi connectivity index (χ2v) is 6.78. The molecule has 24 heavy (non-hydrogen) atoms. The molecule has 3 aliphatic heterocycles. The Kier molecular flexibility index (Phi) is 2.98. The second-order valence-electron chi connectivity index (χ2n) is 6.78. The minimum Gasteiger partial charge on any atom is -0.488 e. The molecule has 122 valence electrons. The number of hydrogen-bond donors (Lipinski definition) is 1. The van der Waals surface area contributed by atoms with Crippen LogP contribution in [0.2, 0.25) is 0 Å². The zero-order chi connectivity index (χ0) is 16.1. The number of carbonyl (C=O) groups excluding carboxylic acids is 1. The van der Waals surface area contributed by atoms with Gasteiger partial charge in [-0.15, -0.1) is 0 Å². The summed E-state index contributed by atoms with van der Waals surface area (Å²) in [4.78, 5) is 13.2. The number of hydrogen-bond acceptors (Lipinski definition) is 3. The molecular formula is C20H19NO3. The zero-order valence-corrected chi connectivity index (χ0v) is 13.3. The minimum atomic E-state index is -0.765. The van der Waals surface area contributed by atoms with E-state index < -0.39 is 5.41 Å². The summed E-state index contributed by atoms with van der Waals surface area (Å²) >= 11 is 0. The summed E-state index contributed by atoms with van der Waals surface area (Å²) in [5.74, 6) is 0.823. The first kappa shape index (κ1) is 14.1. The van der Waals surface area contributed by atoms with E-state index >= 15 is 0 Å². The highest BCUT2D eigenvalue weighted by Crippen LogP contribution is 2.54. The first-order valence-corrected chi connectivity index (χ1v) is 8.59. The molecule has 0 radical (unpaired) electrons. The van der Waals surface area contributed by atoms with E-state index in [1.165, 1.54) is 0 Å². The summed E-state index contributed by atoms with van der Waals surface area (Å²) < 4.78 is 12.1. The van der Waals surface area contributed by atoms with Crippen molar-refractivity contribution in [3.05, 3.63) is 59.7 Å². The molecule has 1 saturated heterocycles. The van der Waals surface area contributed by atoms with Gasteiger partial charge in [0.05, 0.1) is 6.10 Å². The smallest absolute Gasteiger partial charge is 0.243 e. The van der Waals surface area contributed by atoms with Crippen molar-refractivity contribution in [3.8, 4) is 5.75 Å². The Morgan fingerprint density at radius 3 is 2.71 bits per heavy atom. The normalized spacial score (nSPS) is 30.1. The van der Waals surface area contributed by atoms with Crippen LogP contribution in [0.3, 0.4) is 0 Å². The maximum absolute atomic E-state index is 13.2. The molecule has 1 N–H and O–H groups in total. The van der Waals surface area contributed by atoms with Gasteiger partial charge in [0.15, 0.2) is 0 Å². The van der Waals surface area contributed by atoms with Crippen LogP contribution in [-0.4, -0.2) is 24.7 Å². The van der Waals surface area contributed by atoms with Gasteiger partial charge >= 0.3 is 0 Å². The van der Waals surface area contributed by atoms with Crippen molar-refractivity contribution in [1.82, 2.24) is 0 Å². The third-order valence-electron chi connectivity index (χ3n) is 5.52. The Hall–Kier alpha value is -2.33. The molecule has 2 unspecified atom stereocenters. The summed E-state index contributed by atoms with van der Waals surface area (Å²) in [5.41, 5.74) is 2.11. The Bertz CT molecular complexity index is 799. The lowest BCUT2D eigenvalue weighted by molar-refractivity contribution is -0.121. The molecule has 4 nitrogen and oxygen atoms in total. The maximum Gasteiger partial charge on any atom is 0.243 e. The highest BCUT2D eigenvalue weighted by molar-refractivity contribution is 6.10. The van der Waals surface area contributed by atoms with Crippen LogP contribution in [0.4, 0.5) is 5.69 Å². The van der Waals surface area contributed by atoms with Crippen molar-refractivity contribution in [2.45, 2.75) is 36.9 Å². The summed E-state index contributed by atoms with van der Waals surface area (Å²) in [6, 6.07) is 15.9. The lowest BCUT2D eigenvalue weighted by Gasteiger charge is -2.30. The molecule has 1 amide bonds. The number of fused-ring (bicyclic) bond motifs is 4. The fraction of sp³-hybridized carbons (Fsp3) is 0.350. The van der Waals surface area contributed by atoms with Gasteiger partial charge in [0, 0.05) is 24.3 Å². The first-order chi connectivity index (χ1) is 11.8. The van der Waals surface area contributed by atoms with Gasteiger partial charge in [-0.3, -0.25) is 4.79 Å². The average Bonchev–Trinajstić information content (AvgIpc) is 3.28. The van der Waals surface area contributed by atoms with Crippen LogP contribution in [0.1, 0.15) is 30.4 Å². The lowest BCUT2D eigenvalue weighted by atomic mass is 9.71. The molecule has 0 saturated carbocycles. The molecule has 2 aromatic carbocycles. The number of amides is 1. The maximum atomic E-state index is 13.2. The molecule has 0 bridgehead atoms. The average molecular weight is 321 g/mol. The lowest BCUT2D eigenvalue weighted by Crippen LogP contribution is -2.46. The molecule has 2 aromatic rings. The van der Waals surface area contributed by atoms with Gasteiger partial charge in [-0.1, -0.05) is 36.4 Å². The van der Waals surface area contributed by atoms with Gasteiger partial charge in [-0.2, -0.15) is 0 Å². The highest BCUT2D eigenvalue weighted by Gasteiger charge is 2.60. The van der Waals surface area contributed by atoms with Gasteiger partial charge in [0.2, 0.25) is 5.91 Å². The molecule has 3 atom stereocenters. The van der Waals surface area contributed by atoms with Crippen LogP contribution < -0.4 is 10.1 Å². The highest BCUT2D eigenvalue weighted by atomic mass is 16.5. The summed E-state index contributed by atoms with van der Waals surface area (Å²) in [6.45, 7) is 0.806. The van der Waals surface area contributed by atoms with E-state index in [4.69, 9.17) is 9.47 Å². The number of benzene rings is 2. The summed E-state index contributed by atoms with van der Waals surface area (Å²) in [7, 11) is 0. The van der Waals surface area contributed by atoms with E-state index in [1.807, 2.05) is 48.5 Å². The third kappa shape index (κ3) is 1.75. The van der Waals surface area contributed by atoms with Crippen molar-refractivity contribution in [2.75, 3.05) is 11.9 Å². The number of rotatable bonds is 2. The quantitative estimate of drug-likeness (QED) is 0.923. The van der Waals surface area contributed by atoms with Gasteiger partial charge in [0.25, 0.3) is 0 Å². The van der Waals surface area contributed by atoms with Crippen LogP contribution >= 0.6 is 0 Å². The molecule has 1 spiro atoms. The first-order valence-electron chi connectivity index (χ1n) is 8.59. The predicted molar refractivity (Wildman–Crippen MR) is 90.3 cm³/mol. The second kappa shape index (κ2) is 5.08. The fourth-order valence-corrected chi connectivity index (χ4v) is 4.47. The van der Waals surface area contributed by atoms with Crippen LogP contribution in [0.25, 0.3) is 0 Å². The minimum absolute atomic E-state index is 0.0108. The number of ether oxygens (including phenoxy) is 2. The molecule has 1 fully saturated rings. The molecule has 5 rings (SSSR count). The van der Waals surface area contributed by atoms with E-state index in [9.17, 15) is 4.79 Å². The van der Waals surface area contributed by atoms with Crippen LogP contribution in [0.15, 0.2) is 48.5 Å². The zero-order valence-electron chi connectivity index (χ0n) is 13.3. The number of carbonyl (C=O) groups is 1. The van der Waals surface area contributed by atoms with Crippen molar-refractivity contribution in [2.24, 2.45) is 0 Å². The van der Waals surface area contributed by atoms with Crippen molar-refractivity contribution in [3.63, 3.8) is 0 Å². The van der Waals surface area contributed by atoms with Crippen molar-refractivity contribution < 1.29 is 14.3 Å². The fourth-order valence-electron chi connectivity index (χ4n) is 4.47. The SMILES string of the molecule is O=C1Nc2ccccc2C12c1ccccc1OC2C[C@H]1CCCO1. The van der Waals surface area contributed by atoms with Crippen molar-refractivity contribution in [1.29, 1.82) is 0 Å². The number of para-hydroxylation sites is 2. The largest absolute Gasteiger partial charge is 0.488 e. The molecular weight excluding hydrogens is 302 g/mol. The molecule has 0 aromatic heterocycles. The molecule has 3 heterocycles. The van der Waals surface area contributed by atoms with Crippen LogP contribution in [0, 0.1) is 0 Å². The third-order valence-corrected chi connectivity index (χ3v) is 5.52. The van der Waals surface area contributed by atoms with Crippen LogP contribution in [-0.2, 0) is 14.9 Å². The molecule has 0 aliphatic carbocycles. The van der Waals surface area contributed by atoms with E-state index in [2.05, 4.69) is 5.32 Å². The number of nitrogens with one attached hydrogen (secondary N) is 1. The van der Waals surface area contributed by atoms with Gasteiger partial charge in [0.1, 0.15) is 17.3 Å². The standard InChI is InChI=1S/C20H19NO3/c22-19-20(14-7-1-3-9-16(14)21-19)15-8-2-4-10-17(15)24-18(20)12-13-6-5-11-23-13/h1-4,7-10,13,18H,5-6,11-12H2,(H,21,22)/t13-,18?,20?/m1/s1. The van der Waals surface area contributed by atoms with Crippen molar-refractivity contribution >= 4 is 11.6 Å². The molecule has 3 aliphatic rings. The van der Waals surface area contributed by atoms with Gasteiger partial charge in [-0.05, 0) is 30.5 Å². The Labute approximate surface area is 140 Å². The summed E-state index contributed by atoms with van der Waals surface area (Å²) in [6.07, 6.45) is 2.79. The van der Waals surface area contributed by atoms with E-state index in [1.54, 1.807) is 0 Å². The van der Waals surface area contributed by atoms with Gasteiger partial charge in [-0.25, -0.2) is 0 Å². The molecule has 4 heteroatoms. The Morgan fingerprint density at radius 2 is 1.88 bits per heavy atom. The topological polar surface area (TPSA) is 47.6 Å². The monoisotopic (exact) mass is 321 g/mol. The Morgan fingerprint density at radius 1 is 1.08 bits per heavy atom. The van der Waals surface area contributed by atoms with E-state index in [0.717, 1.165) is 48.4 Å². The van der Waals surface area contributed by atoms with Crippen LogP contribution in [0.5, 0.6) is 5.75 Å². The number of anilines is 1.